The second-order valence-corrected chi connectivity index (χ2v) is 5.34. The summed E-state index contributed by atoms with van der Waals surface area (Å²) < 4.78 is 0. The maximum Gasteiger partial charge on any atom is 0.200 e. The smallest absolute Gasteiger partial charge is 0.200 e. The Morgan fingerprint density at radius 2 is 1.61 bits per heavy atom. The van der Waals surface area contributed by atoms with Gasteiger partial charge in [0.2, 0.25) is 0 Å². The lowest BCUT2D eigenvalue weighted by Crippen LogP contribution is -2.29. The molecule has 1 aromatic rings. The second kappa shape index (κ2) is 5.51. The van der Waals surface area contributed by atoms with Gasteiger partial charge >= 0.3 is 0 Å². The van der Waals surface area contributed by atoms with E-state index in [1.165, 1.54) is 0 Å². The summed E-state index contributed by atoms with van der Waals surface area (Å²) in [6.45, 7) is 8.59. The summed E-state index contributed by atoms with van der Waals surface area (Å²) in [4.78, 5) is 0. The topological polar surface area (TPSA) is 60.7 Å². The summed E-state index contributed by atoms with van der Waals surface area (Å²) >= 11 is 0. The van der Waals surface area contributed by atoms with Crippen LogP contribution in [0.5, 0.6) is 17.2 Å². The molecule has 0 aliphatic heterocycles. The lowest BCUT2D eigenvalue weighted by atomic mass is 9.68. The molecule has 1 rings (SSSR count). The van der Waals surface area contributed by atoms with Crippen LogP contribution in [0.15, 0.2) is 12.1 Å². The van der Waals surface area contributed by atoms with Crippen molar-refractivity contribution in [1.82, 2.24) is 0 Å². The van der Waals surface area contributed by atoms with E-state index in [-0.39, 0.29) is 16.9 Å². The van der Waals surface area contributed by atoms with Gasteiger partial charge in [-0.2, -0.15) is 0 Å². The molecular weight excluding hydrogens is 228 g/mol. The number of phenols is 3. The third-order valence-corrected chi connectivity index (χ3v) is 4.20. The highest BCUT2D eigenvalue weighted by atomic mass is 16.3. The predicted octanol–water partition coefficient (Wildman–Crippen LogP) is 3.91. The van der Waals surface area contributed by atoms with Crippen LogP contribution >= 0.6 is 0 Å². The van der Waals surface area contributed by atoms with Gasteiger partial charge in [-0.3, -0.25) is 0 Å². The van der Waals surface area contributed by atoms with Crippen molar-refractivity contribution in [2.75, 3.05) is 0 Å². The van der Waals surface area contributed by atoms with E-state index in [1.54, 1.807) is 12.1 Å². The largest absolute Gasteiger partial charge is 0.504 e. The van der Waals surface area contributed by atoms with Gasteiger partial charge in [0.25, 0.3) is 0 Å². The van der Waals surface area contributed by atoms with Crippen LogP contribution in [0.4, 0.5) is 0 Å². The maximum atomic E-state index is 9.66. The minimum atomic E-state index is -0.443. The van der Waals surface area contributed by atoms with E-state index in [0.29, 0.717) is 5.92 Å². The van der Waals surface area contributed by atoms with Crippen LogP contribution in [0, 0.1) is 5.92 Å². The van der Waals surface area contributed by atoms with Gasteiger partial charge in [-0.25, -0.2) is 0 Å². The van der Waals surface area contributed by atoms with Crippen LogP contribution in [-0.4, -0.2) is 15.3 Å². The first kappa shape index (κ1) is 14.7. The fraction of sp³-hybridized carbons (Fsp3) is 0.600. The van der Waals surface area contributed by atoms with Crippen LogP contribution in [-0.2, 0) is 5.41 Å². The predicted molar refractivity (Wildman–Crippen MR) is 73.2 cm³/mol. The number of phenolic OH excluding ortho intramolecular Hbond substituents is 3. The van der Waals surface area contributed by atoms with Crippen molar-refractivity contribution in [3.8, 4) is 17.2 Å². The Morgan fingerprint density at radius 1 is 1.11 bits per heavy atom. The molecule has 3 heteroatoms. The van der Waals surface area contributed by atoms with Gasteiger partial charge in [-0.1, -0.05) is 40.5 Å². The van der Waals surface area contributed by atoms with Crippen molar-refractivity contribution in [3.63, 3.8) is 0 Å². The monoisotopic (exact) mass is 252 g/mol. The molecule has 102 valence electrons. The van der Waals surface area contributed by atoms with Gasteiger partial charge in [-0.15, -0.1) is 0 Å². The van der Waals surface area contributed by atoms with Crippen LogP contribution in [0.1, 0.15) is 52.5 Å². The number of hydrogen-bond donors (Lipinski definition) is 3. The third-order valence-electron chi connectivity index (χ3n) is 4.20. The van der Waals surface area contributed by atoms with Gasteiger partial charge in [0.15, 0.2) is 17.2 Å². The molecule has 0 bridgehead atoms. The molecule has 2 unspecified atom stereocenters. The Kier molecular flexibility index (Phi) is 4.49. The van der Waals surface area contributed by atoms with Crippen molar-refractivity contribution in [3.05, 3.63) is 17.7 Å². The van der Waals surface area contributed by atoms with Gasteiger partial charge in [-0.05, 0) is 35.4 Å². The van der Waals surface area contributed by atoms with Crippen molar-refractivity contribution in [1.29, 1.82) is 0 Å². The molecule has 0 aliphatic rings. The highest BCUT2D eigenvalue weighted by molar-refractivity contribution is 5.52. The quantitative estimate of drug-likeness (QED) is 0.696. The molecule has 0 saturated heterocycles. The highest BCUT2D eigenvalue weighted by Gasteiger charge is 2.32. The molecule has 0 radical (unpaired) electrons. The molecule has 2 atom stereocenters. The summed E-state index contributed by atoms with van der Waals surface area (Å²) in [5, 5.41) is 28.7. The molecule has 3 nitrogen and oxygen atoms in total. The zero-order valence-corrected chi connectivity index (χ0v) is 11.7. The second-order valence-electron chi connectivity index (χ2n) is 5.34. The third kappa shape index (κ3) is 2.55. The van der Waals surface area contributed by atoms with E-state index in [1.807, 2.05) is 0 Å². The van der Waals surface area contributed by atoms with E-state index in [2.05, 4.69) is 27.7 Å². The minimum Gasteiger partial charge on any atom is -0.504 e. The Labute approximate surface area is 109 Å². The summed E-state index contributed by atoms with van der Waals surface area (Å²) in [5.74, 6) is -0.520. The van der Waals surface area contributed by atoms with Crippen molar-refractivity contribution in [2.24, 2.45) is 5.92 Å². The summed E-state index contributed by atoms with van der Waals surface area (Å²) in [6.07, 6.45) is 3.04. The Morgan fingerprint density at radius 3 is 2.00 bits per heavy atom. The highest BCUT2D eigenvalue weighted by Crippen LogP contribution is 2.44. The zero-order valence-electron chi connectivity index (χ0n) is 11.7. The fourth-order valence-electron chi connectivity index (χ4n) is 2.58. The lowest BCUT2D eigenvalue weighted by Gasteiger charge is -2.36. The molecular formula is C15H24O3. The van der Waals surface area contributed by atoms with Crippen molar-refractivity contribution in [2.45, 2.75) is 52.4 Å². The zero-order chi connectivity index (χ0) is 13.9. The van der Waals surface area contributed by atoms with E-state index >= 15 is 0 Å². The number of rotatable bonds is 5. The van der Waals surface area contributed by atoms with Gasteiger partial charge in [0.05, 0.1) is 0 Å². The van der Waals surface area contributed by atoms with E-state index in [0.717, 1.165) is 24.8 Å². The van der Waals surface area contributed by atoms with Crippen LogP contribution in [0.2, 0.25) is 0 Å². The molecule has 1 aromatic carbocycles. The lowest BCUT2D eigenvalue weighted by molar-refractivity contribution is 0.278. The first-order valence-corrected chi connectivity index (χ1v) is 6.62. The maximum absolute atomic E-state index is 9.66. The first-order chi connectivity index (χ1) is 8.36. The van der Waals surface area contributed by atoms with Crippen LogP contribution in [0.3, 0.4) is 0 Å². The van der Waals surface area contributed by atoms with E-state index in [9.17, 15) is 15.3 Å². The minimum absolute atomic E-state index is 0.105. The summed E-state index contributed by atoms with van der Waals surface area (Å²) in [6, 6.07) is 3.13. The molecule has 0 aromatic heterocycles. The molecule has 0 spiro atoms. The average Bonchev–Trinajstić information content (AvgIpc) is 2.34. The molecule has 0 heterocycles. The van der Waals surface area contributed by atoms with E-state index < -0.39 is 5.75 Å². The Bertz CT molecular complexity index is 391. The Balaban J connectivity index is 3.30. The summed E-state index contributed by atoms with van der Waals surface area (Å²) in [5.41, 5.74) is 0.776. The number of aromatic hydroxyl groups is 3. The Hall–Kier alpha value is -1.38. The van der Waals surface area contributed by atoms with Crippen molar-refractivity contribution >= 4 is 0 Å². The van der Waals surface area contributed by atoms with Crippen LogP contribution in [0.25, 0.3) is 0 Å². The molecule has 0 aliphatic carbocycles. The van der Waals surface area contributed by atoms with Crippen molar-refractivity contribution < 1.29 is 15.3 Å². The molecule has 0 fully saturated rings. The van der Waals surface area contributed by atoms with E-state index in [4.69, 9.17) is 0 Å². The number of benzene rings is 1. The fourth-order valence-corrected chi connectivity index (χ4v) is 2.58. The SMILES string of the molecule is CCCC(C)(c1cc(O)c(O)c(O)c1)C(C)CC. The van der Waals surface area contributed by atoms with Gasteiger partial charge in [0.1, 0.15) is 0 Å². The standard InChI is InChI=1S/C15H24O3/c1-5-7-15(4,10(3)6-2)11-8-12(16)14(18)13(17)9-11/h8-10,16-18H,5-7H2,1-4H3. The normalized spacial score (nSPS) is 16.2. The number of hydrogen-bond acceptors (Lipinski definition) is 3. The average molecular weight is 252 g/mol. The molecule has 18 heavy (non-hydrogen) atoms. The molecule has 0 amide bonds. The first-order valence-electron chi connectivity index (χ1n) is 6.62. The van der Waals surface area contributed by atoms with Gasteiger partial charge < -0.3 is 15.3 Å². The summed E-state index contributed by atoms with van der Waals surface area (Å²) in [7, 11) is 0. The van der Waals surface area contributed by atoms with Crippen LogP contribution < -0.4 is 0 Å². The molecule has 3 N–H and O–H groups in total. The van der Waals surface area contributed by atoms with Gasteiger partial charge in [0, 0.05) is 0 Å². The molecule has 0 saturated carbocycles.